The van der Waals surface area contributed by atoms with Crippen molar-refractivity contribution in [2.24, 2.45) is 0 Å². The maximum Gasteiger partial charge on any atom is 0.338 e. The number of anilines is 1. The zero-order chi connectivity index (χ0) is 12.0. The summed E-state index contributed by atoms with van der Waals surface area (Å²) >= 11 is 0. The van der Waals surface area contributed by atoms with Gasteiger partial charge in [-0.3, -0.25) is 0 Å². The summed E-state index contributed by atoms with van der Waals surface area (Å²) in [5.74, 6) is 0.213. The summed E-state index contributed by atoms with van der Waals surface area (Å²) in [6.45, 7) is 2.33. The molecule has 0 saturated heterocycles. The number of methoxy groups -OCH3 is 1. The Morgan fingerprint density at radius 3 is 3.06 bits per heavy atom. The van der Waals surface area contributed by atoms with Crippen LogP contribution in [0.4, 0.5) is 5.82 Å². The number of hydrogen-bond acceptors (Lipinski definition) is 5. The van der Waals surface area contributed by atoms with Crippen LogP contribution in [-0.2, 0) is 4.74 Å². The third-order valence-corrected chi connectivity index (χ3v) is 2.05. The topological polar surface area (TPSA) is 71.5 Å². The Morgan fingerprint density at radius 2 is 2.44 bits per heavy atom. The van der Waals surface area contributed by atoms with Crippen LogP contribution in [0.25, 0.3) is 0 Å². The first-order valence-corrected chi connectivity index (χ1v) is 5.10. The van der Waals surface area contributed by atoms with E-state index < -0.39 is 0 Å². The molecule has 0 aliphatic heterocycles. The molecular weight excluding hydrogens is 208 g/mol. The monoisotopic (exact) mass is 224 g/mol. The number of aliphatic hydroxyl groups is 1. The van der Waals surface area contributed by atoms with Crippen LogP contribution in [-0.4, -0.2) is 35.8 Å². The molecule has 2 N–H and O–H groups in total. The summed E-state index contributed by atoms with van der Waals surface area (Å²) in [5, 5.41) is 12.1. The molecule has 1 rings (SSSR count). The zero-order valence-electron chi connectivity index (χ0n) is 9.43. The van der Waals surface area contributed by atoms with Crippen molar-refractivity contribution in [2.45, 2.75) is 19.4 Å². The lowest BCUT2D eigenvalue weighted by molar-refractivity contribution is 0.0600. The number of aliphatic hydroxyl groups excluding tert-OH is 1. The van der Waals surface area contributed by atoms with Crippen molar-refractivity contribution in [3.63, 3.8) is 0 Å². The second-order valence-electron chi connectivity index (χ2n) is 3.49. The molecule has 5 heteroatoms. The van der Waals surface area contributed by atoms with E-state index in [2.05, 4.69) is 15.0 Å². The quantitative estimate of drug-likeness (QED) is 0.731. The SMILES string of the molecule is COC(=O)c1ccnc(NCCC(C)O)c1. The summed E-state index contributed by atoms with van der Waals surface area (Å²) < 4.78 is 4.60. The fraction of sp³-hybridized carbons (Fsp3) is 0.455. The molecule has 0 bridgehead atoms. The maximum absolute atomic E-state index is 11.2. The highest BCUT2D eigenvalue weighted by atomic mass is 16.5. The van der Waals surface area contributed by atoms with Gasteiger partial charge in [0.05, 0.1) is 18.8 Å². The lowest BCUT2D eigenvalue weighted by Crippen LogP contribution is -2.11. The molecule has 0 saturated carbocycles. The van der Waals surface area contributed by atoms with Gasteiger partial charge < -0.3 is 15.2 Å². The van der Waals surface area contributed by atoms with Gasteiger partial charge in [0, 0.05) is 12.7 Å². The number of nitrogens with zero attached hydrogens (tertiary/aromatic N) is 1. The molecule has 1 heterocycles. The molecule has 1 aromatic rings. The van der Waals surface area contributed by atoms with Gasteiger partial charge in [0.2, 0.25) is 0 Å². The van der Waals surface area contributed by atoms with Crippen LogP contribution in [0.2, 0.25) is 0 Å². The number of aromatic nitrogens is 1. The average Bonchev–Trinajstić information content (AvgIpc) is 2.28. The first-order valence-electron chi connectivity index (χ1n) is 5.10. The Bertz CT molecular complexity index is 353. The van der Waals surface area contributed by atoms with E-state index in [4.69, 9.17) is 5.11 Å². The van der Waals surface area contributed by atoms with Crippen molar-refractivity contribution in [3.05, 3.63) is 23.9 Å². The molecule has 0 aliphatic rings. The first kappa shape index (κ1) is 12.4. The van der Waals surface area contributed by atoms with Crippen molar-refractivity contribution in [1.29, 1.82) is 0 Å². The fourth-order valence-corrected chi connectivity index (χ4v) is 1.18. The number of carbonyl (C=O) groups excluding carboxylic acids is 1. The van der Waals surface area contributed by atoms with Crippen molar-refractivity contribution in [3.8, 4) is 0 Å². The van der Waals surface area contributed by atoms with Crippen LogP contribution in [0.5, 0.6) is 0 Å². The number of esters is 1. The number of carbonyl (C=O) groups is 1. The van der Waals surface area contributed by atoms with Crippen molar-refractivity contribution < 1.29 is 14.6 Å². The second kappa shape index (κ2) is 6.07. The van der Waals surface area contributed by atoms with Crippen LogP contribution < -0.4 is 5.32 Å². The predicted molar refractivity (Wildman–Crippen MR) is 60.4 cm³/mol. The summed E-state index contributed by atoms with van der Waals surface area (Å²) in [5.41, 5.74) is 0.456. The minimum atomic E-state index is -0.388. The normalized spacial score (nSPS) is 11.9. The Balaban J connectivity index is 2.57. The lowest BCUT2D eigenvalue weighted by Gasteiger charge is -2.07. The van der Waals surface area contributed by atoms with Crippen LogP contribution in [0.1, 0.15) is 23.7 Å². The van der Waals surface area contributed by atoms with Gasteiger partial charge in [0.15, 0.2) is 0 Å². The summed E-state index contributed by atoms with van der Waals surface area (Å²) in [6, 6.07) is 3.21. The molecular formula is C11H16N2O3. The largest absolute Gasteiger partial charge is 0.465 e. The minimum absolute atomic E-state index is 0.351. The highest BCUT2D eigenvalue weighted by Gasteiger charge is 2.06. The Morgan fingerprint density at radius 1 is 1.69 bits per heavy atom. The number of ether oxygens (including phenoxy) is 1. The van der Waals surface area contributed by atoms with E-state index >= 15 is 0 Å². The van der Waals surface area contributed by atoms with Gasteiger partial charge >= 0.3 is 5.97 Å². The Labute approximate surface area is 94.5 Å². The summed E-state index contributed by atoms with van der Waals surface area (Å²) in [7, 11) is 1.34. The van der Waals surface area contributed by atoms with E-state index in [1.54, 1.807) is 19.1 Å². The van der Waals surface area contributed by atoms with Gasteiger partial charge in [-0.05, 0) is 25.5 Å². The van der Waals surface area contributed by atoms with Gasteiger partial charge in [0.1, 0.15) is 5.82 Å². The predicted octanol–water partition coefficient (Wildman–Crippen LogP) is 1.05. The van der Waals surface area contributed by atoms with Gasteiger partial charge in [-0.2, -0.15) is 0 Å². The molecule has 0 fully saturated rings. The standard InChI is InChI=1S/C11H16N2O3/c1-8(14)3-5-12-10-7-9(4-6-13-10)11(15)16-2/h4,6-8,14H,3,5H2,1-2H3,(H,12,13). The van der Waals surface area contributed by atoms with Crippen molar-refractivity contribution in [1.82, 2.24) is 4.98 Å². The van der Waals surface area contributed by atoms with E-state index in [0.717, 1.165) is 0 Å². The molecule has 0 radical (unpaired) electrons. The van der Waals surface area contributed by atoms with Crippen LogP contribution in [0, 0.1) is 0 Å². The third kappa shape index (κ3) is 3.86. The molecule has 0 spiro atoms. The van der Waals surface area contributed by atoms with Crippen molar-refractivity contribution >= 4 is 11.8 Å². The fourth-order valence-electron chi connectivity index (χ4n) is 1.18. The molecule has 0 aromatic carbocycles. The summed E-state index contributed by atoms with van der Waals surface area (Å²) in [4.78, 5) is 15.3. The Kier molecular flexibility index (Phi) is 4.72. The van der Waals surface area contributed by atoms with E-state index in [9.17, 15) is 4.79 Å². The number of rotatable bonds is 5. The van der Waals surface area contributed by atoms with E-state index in [0.29, 0.717) is 24.3 Å². The third-order valence-electron chi connectivity index (χ3n) is 2.05. The number of hydrogen-bond donors (Lipinski definition) is 2. The minimum Gasteiger partial charge on any atom is -0.465 e. The van der Waals surface area contributed by atoms with Crippen LogP contribution in [0.3, 0.4) is 0 Å². The maximum atomic E-state index is 11.2. The molecule has 0 aliphatic carbocycles. The van der Waals surface area contributed by atoms with E-state index in [1.165, 1.54) is 13.3 Å². The zero-order valence-corrected chi connectivity index (χ0v) is 9.43. The molecule has 5 nitrogen and oxygen atoms in total. The second-order valence-corrected chi connectivity index (χ2v) is 3.49. The van der Waals surface area contributed by atoms with Crippen molar-refractivity contribution in [2.75, 3.05) is 19.0 Å². The molecule has 1 aromatic heterocycles. The highest BCUT2D eigenvalue weighted by Crippen LogP contribution is 2.08. The highest BCUT2D eigenvalue weighted by molar-refractivity contribution is 5.89. The average molecular weight is 224 g/mol. The van der Waals surface area contributed by atoms with Gasteiger partial charge in [0.25, 0.3) is 0 Å². The van der Waals surface area contributed by atoms with Crippen LogP contribution >= 0.6 is 0 Å². The number of nitrogens with one attached hydrogen (secondary N) is 1. The molecule has 88 valence electrons. The van der Waals surface area contributed by atoms with Gasteiger partial charge in [-0.1, -0.05) is 0 Å². The molecule has 16 heavy (non-hydrogen) atoms. The van der Waals surface area contributed by atoms with Gasteiger partial charge in [-0.25, -0.2) is 9.78 Å². The molecule has 0 amide bonds. The Hall–Kier alpha value is -1.62. The lowest BCUT2D eigenvalue weighted by atomic mass is 10.2. The molecule has 1 unspecified atom stereocenters. The van der Waals surface area contributed by atoms with Gasteiger partial charge in [-0.15, -0.1) is 0 Å². The summed E-state index contributed by atoms with van der Waals surface area (Å²) in [6.07, 6.45) is 1.82. The smallest absolute Gasteiger partial charge is 0.338 e. The number of pyridine rings is 1. The van der Waals surface area contributed by atoms with E-state index in [-0.39, 0.29) is 12.1 Å². The van der Waals surface area contributed by atoms with Crippen LogP contribution in [0.15, 0.2) is 18.3 Å². The molecule has 1 atom stereocenters. The first-order chi connectivity index (χ1) is 7.63. The van der Waals surface area contributed by atoms with E-state index in [1.807, 2.05) is 0 Å².